The Kier molecular flexibility index (Phi) is 4.23. The third kappa shape index (κ3) is 3.39. The van der Waals surface area contributed by atoms with E-state index in [1.54, 1.807) is 0 Å². The van der Waals surface area contributed by atoms with Crippen LogP contribution in [0.25, 0.3) is 0 Å². The molecule has 0 saturated heterocycles. The van der Waals surface area contributed by atoms with Gasteiger partial charge in [0.05, 0.1) is 16.1 Å². The lowest BCUT2D eigenvalue weighted by Crippen LogP contribution is -2.30. The van der Waals surface area contributed by atoms with Gasteiger partial charge in [-0.15, -0.1) is 13.2 Å². The molecule has 1 amide bonds. The van der Waals surface area contributed by atoms with Crippen LogP contribution in [0.5, 0.6) is 11.5 Å². The molecule has 1 heterocycles. The van der Waals surface area contributed by atoms with Gasteiger partial charge >= 0.3 is 6.36 Å². The van der Waals surface area contributed by atoms with Crippen LogP contribution in [0, 0.1) is 11.3 Å². The molecular weight excluding hydrogens is 389 g/mol. The van der Waals surface area contributed by atoms with Crippen molar-refractivity contribution in [1.82, 2.24) is 0 Å². The maximum absolute atomic E-state index is 12.7. The van der Waals surface area contributed by atoms with Gasteiger partial charge in [0.2, 0.25) is 0 Å². The molecular formula is C16H9F3N2O5S. The number of phenolic OH excluding ortho intramolecular Hbond substituents is 1. The SMILES string of the molecule is N#Cc1cc(C(=O)N2CS(=O)(=O)c3ccccc32)cc(OC(F)(F)F)c1O. The first kappa shape index (κ1) is 18.5. The van der Waals surface area contributed by atoms with Gasteiger partial charge in [-0.2, -0.15) is 5.26 Å². The molecule has 0 spiro atoms. The molecule has 0 fully saturated rings. The van der Waals surface area contributed by atoms with Crippen LogP contribution in [0.15, 0.2) is 41.3 Å². The second-order valence-corrected chi connectivity index (χ2v) is 7.40. The smallest absolute Gasteiger partial charge is 0.503 e. The number of amides is 1. The molecule has 7 nitrogen and oxygen atoms in total. The van der Waals surface area contributed by atoms with Crippen LogP contribution in [0.2, 0.25) is 0 Å². The number of ether oxygens (including phenoxy) is 1. The molecule has 0 saturated carbocycles. The van der Waals surface area contributed by atoms with Crippen molar-refractivity contribution < 1.29 is 36.2 Å². The normalized spacial score (nSPS) is 15.1. The van der Waals surface area contributed by atoms with Crippen LogP contribution in [0.4, 0.5) is 18.9 Å². The lowest BCUT2D eigenvalue weighted by molar-refractivity contribution is -0.275. The zero-order chi connectivity index (χ0) is 20.0. The Balaban J connectivity index is 2.09. The van der Waals surface area contributed by atoms with E-state index < -0.39 is 50.6 Å². The quantitative estimate of drug-likeness (QED) is 0.833. The van der Waals surface area contributed by atoms with E-state index in [4.69, 9.17) is 5.26 Å². The molecule has 0 bridgehead atoms. The van der Waals surface area contributed by atoms with E-state index in [-0.39, 0.29) is 10.6 Å². The summed E-state index contributed by atoms with van der Waals surface area (Å²) in [7, 11) is -3.79. The fourth-order valence-electron chi connectivity index (χ4n) is 2.60. The average molecular weight is 398 g/mol. The lowest BCUT2D eigenvalue weighted by Gasteiger charge is -2.17. The highest BCUT2D eigenvalue weighted by atomic mass is 32.2. The summed E-state index contributed by atoms with van der Waals surface area (Å²) in [5.74, 6) is -3.89. The van der Waals surface area contributed by atoms with Crippen molar-refractivity contribution >= 4 is 21.4 Å². The fraction of sp³-hybridized carbons (Fsp3) is 0.125. The van der Waals surface area contributed by atoms with E-state index in [1.165, 1.54) is 30.3 Å². The Labute approximate surface area is 150 Å². The molecule has 2 aromatic rings. The van der Waals surface area contributed by atoms with Gasteiger partial charge in [-0.3, -0.25) is 9.69 Å². The third-order valence-corrected chi connectivity index (χ3v) is 5.32. The van der Waals surface area contributed by atoms with E-state index in [1.807, 2.05) is 0 Å². The molecule has 3 rings (SSSR count). The molecule has 1 N–H and O–H groups in total. The van der Waals surface area contributed by atoms with Gasteiger partial charge in [0.25, 0.3) is 5.91 Å². The number of carbonyl (C=O) groups excluding carboxylic acids is 1. The van der Waals surface area contributed by atoms with Crippen molar-refractivity contribution in [3.8, 4) is 17.6 Å². The van der Waals surface area contributed by atoms with Crippen LogP contribution >= 0.6 is 0 Å². The predicted molar refractivity (Wildman–Crippen MR) is 84.8 cm³/mol. The van der Waals surface area contributed by atoms with Gasteiger partial charge in [0.15, 0.2) is 21.3 Å². The Bertz CT molecular complexity index is 1090. The lowest BCUT2D eigenvalue weighted by atomic mass is 10.1. The minimum atomic E-state index is -5.17. The van der Waals surface area contributed by atoms with Gasteiger partial charge in [-0.05, 0) is 24.3 Å². The maximum atomic E-state index is 12.7. The minimum absolute atomic E-state index is 0.0624. The van der Waals surface area contributed by atoms with Gasteiger partial charge < -0.3 is 9.84 Å². The highest BCUT2D eigenvalue weighted by molar-refractivity contribution is 7.92. The van der Waals surface area contributed by atoms with E-state index in [0.29, 0.717) is 6.07 Å². The van der Waals surface area contributed by atoms with Gasteiger partial charge in [-0.25, -0.2) is 8.42 Å². The topological polar surface area (TPSA) is 108 Å². The number of hydrogen-bond donors (Lipinski definition) is 1. The average Bonchev–Trinajstić information content (AvgIpc) is 2.86. The summed E-state index contributed by atoms with van der Waals surface area (Å²) < 4.78 is 65.5. The molecule has 0 aliphatic carbocycles. The molecule has 2 aromatic carbocycles. The summed E-state index contributed by atoms with van der Waals surface area (Å²) >= 11 is 0. The summed E-state index contributed by atoms with van der Waals surface area (Å²) in [6.07, 6.45) is -5.17. The Morgan fingerprint density at radius 1 is 1.26 bits per heavy atom. The number of halogens is 3. The molecule has 1 aliphatic rings. The van der Waals surface area contributed by atoms with Crippen LogP contribution < -0.4 is 9.64 Å². The third-order valence-electron chi connectivity index (χ3n) is 3.70. The molecule has 11 heteroatoms. The van der Waals surface area contributed by atoms with Crippen molar-refractivity contribution in [2.75, 3.05) is 10.8 Å². The Hall–Kier alpha value is -3.26. The molecule has 0 atom stereocenters. The molecule has 0 unspecified atom stereocenters. The van der Waals surface area contributed by atoms with Gasteiger partial charge in [-0.1, -0.05) is 12.1 Å². The van der Waals surface area contributed by atoms with Crippen molar-refractivity contribution in [2.45, 2.75) is 11.3 Å². The van der Waals surface area contributed by atoms with E-state index in [2.05, 4.69) is 4.74 Å². The molecule has 1 aliphatic heterocycles. The number of rotatable bonds is 2. The van der Waals surface area contributed by atoms with Crippen molar-refractivity contribution in [3.05, 3.63) is 47.5 Å². The monoisotopic (exact) mass is 398 g/mol. The number of sulfone groups is 1. The van der Waals surface area contributed by atoms with Crippen LogP contribution in [-0.2, 0) is 9.84 Å². The number of anilines is 1. The molecule has 140 valence electrons. The number of phenols is 1. The van der Waals surface area contributed by atoms with Crippen LogP contribution in [0.3, 0.4) is 0 Å². The summed E-state index contributed by atoms with van der Waals surface area (Å²) in [6.45, 7) is 0. The summed E-state index contributed by atoms with van der Waals surface area (Å²) in [6, 6.07) is 8.54. The number of nitriles is 1. The predicted octanol–water partition coefficient (Wildman–Crippen LogP) is 2.55. The Morgan fingerprint density at radius 3 is 2.56 bits per heavy atom. The summed E-state index contributed by atoms with van der Waals surface area (Å²) in [4.78, 5) is 13.5. The van der Waals surface area contributed by atoms with Crippen molar-refractivity contribution in [2.24, 2.45) is 0 Å². The minimum Gasteiger partial charge on any atom is -0.503 e. The first-order valence-corrected chi connectivity index (χ1v) is 8.85. The number of aromatic hydroxyl groups is 1. The zero-order valence-corrected chi connectivity index (χ0v) is 14.0. The van der Waals surface area contributed by atoms with E-state index >= 15 is 0 Å². The highest BCUT2D eigenvalue weighted by Gasteiger charge is 2.37. The highest BCUT2D eigenvalue weighted by Crippen LogP contribution is 2.38. The summed E-state index contributed by atoms with van der Waals surface area (Å²) in [5, 5.41) is 18.7. The molecule has 0 radical (unpaired) electrons. The Morgan fingerprint density at radius 2 is 1.93 bits per heavy atom. The summed E-state index contributed by atoms with van der Waals surface area (Å²) in [5.41, 5.74) is -1.02. The number of nitrogens with zero attached hydrogens (tertiary/aromatic N) is 2. The first-order valence-electron chi connectivity index (χ1n) is 7.20. The maximum Gasteiger partial charge on any atom is 0.573 e. The number of carbonyl (C=O) groups is 1. The van der Waals surface area contributed by atoms with Crippen molar-refractivity contribution in [1.29, 1.82) is 5.26 Å². The van der Waals surface area contributed by atoms with Crippen molar-refractivity contribution in [3.63, 3.8) is 0 Å². The largest absolute Gasteiger partial charge is 0.573 e. The standard InChI is InChI=1S/C16H9F3N2O5S/c17-16(18,19)26-12-6-9(5-10(7-20)14(12)22)15(23)21-8-27(24,25)13-4-2-1-3-11(13)21/h1-6,22H,8H2. The first-order chi connectivity index (χ1) is 12.5. The number of para-hydroxylation sites is 1. The number of alkyl halides is 3. The second kappa shape index (κ2) is 6.17. The van der Waals surface area contributed by atoms with Crippen LogP contribution in [-0.4, -0.2) is 31.7 Å². The fourth-order valence-corrected chi connectivity index (χ4v) is 4.11. The zero-order valence-electron chi connectivity index (χ0n) is 13.2. The number of hydrogen-bond acceptors (Lipinski definition) is 6. The van der Waals surface area contributed by atoms with Gasteiger partial charge in [0.1, 0.15) is 11.9 Å². The number of fused-ring (bicyclic) bond motifs is 1. The molecule has 0 aromatic heterocycles. The van der Waals surface area contributed by atoms with E-state index in [9.17, 15) is 31.5 Å². The van der Waals surface area contributed by atoms with E-state index in [0.717, 1.165) is 11.0 Å². The van der Waals surface area contributed by atoms with Gasteiger partial charge in [0, 0.05) is 5.56 Å². The molecule has 27 heavy (non-hydrogen) atoms. The number of benzene rings is 2. The van der Waals surface area contributed by atoms with Crippen LogP contribution in [0.1, 0.15) is 15.9 Å². The second-order valence-electron chi connectivity index (χ2n) is 5.47.